The molecule has 1 saturated heterocycles. The number of rotatable bonds is 4. The van der Waals surface area contributed by atoms with Gasteiger partial charge in [-0.05, 0) is 19.4 Å². The Balaban J connectivity index is 1.82. The first-order chi connectivity index (χ1) is 10.6. The smallest absolute Gasteiger partial charge is 0.415 e. The molecule has 0 radical (unpaired) electrons. The van der Waals surface area contributed by atoms with E-state index in [4.69, 9.17) is 4.74 Å². The van der Waals surface area contributed by atoms with Crippen LogP contribution in [0.2, 0.25) is 0 Å². The second kappa shape index (κ2) is 6.01. The summed E-state index contributed by atoms with van der Waals surface area (Å²) in [5, 5.41) is 3.28. The molecule has 1 aromatic heterocycles. The Morgan fingerprint density at radius 1 is 1.27 bits per heavy atom. The average molecular weight is 298 g/mol. The van der Waals surface area contributed by atoms with E-state index in [9.17, 15) is 4.79 Å². The van der Waals surface area contributed by atoms with Gasteiger partial charge in [-0.25, -0.2) is 9.78 Å². The second-order valence-electron chi connectivity index (χ2n) is 5.23. The van der Waals surface area contributed by atoms with Crippen LogP contribution in [-0.2, 0) is 4.74 Å². The topological polar surface area (TPSA) is 67.3 Å². The number of anilines is 2. The van der Waals surface area contributed by atoms with Crippen molar-refractivity contribution in [3.05, 3.63) is 47.7 Å². The Bertz CT molecular complexity index is 675. The Morgan fingerprint density at radius 2 is 2.05 bits per heavy atom. The molecule has 0 spiro atoms. The molecular formula is C16H18N4O2. The number of nitrogens with one attached hydrogen (secondary N) is 1. The molecule has 1 N–H and O–H groups in total. The number of nitrogens with zero attached hydrogens (tertiary/aromatic N) is 3. The number of amides is 1. The van der Waals surface area contributed by atoms with Crippen molar-refractivity contribution < 1.29 is 9.53 Å². The lowest BCUT2D eigenvalue weighted by Gasteiger charge is -2.17. The SMILES string of the molecule is Cc1cc(N2CCOC2=O)nc(N[C@H](C)c2ccccc2)n1. The molecule has 1 amide bonds. The Labute approximate surface area is 129 Å². The summed E-state index contributed by atoms with van der Waals surface area (Å²) in [6.45, 7) is 4.84. The third-order valence-electron chi connectivity index (χ3n) is 3.52. The summed E-state index contributed by atoms with van der Waals surface area (Å²) in [5.41, 5.74) is 1.95. The van der Waals surface area contributed by atoms with Crippen LogP contribution in [0.15, 0.2) is 36.4 Å². The van der Waals surface area contributed by atoms with Crippen molar-refractivity contribution in [1.29, 1.82) is 0 Å². The van der Waals surface area contributed by atoms with E-state index in [1.165, 1.54) is 4.90 Å². The van der Waals surface area contributed by atoms with E-state index in [0.717, 1.165) is 11.3 Å². The number of carbonyl (C=O) groups is 1. The van der Waals surface area contributed by atoms with Gasteiger partial charge >= 0.3 is 6.09 Å². The highest BCUT2D eigenvalue weighted by atomic mass is 16.6. The fourth-order valence-corrected chi connectivity index (χ4v) is 2.37. The van der Waals surface area contributed by atoms with Gasteiger partial charge in [0.1, 0.15) is 12.4 Å². The molecule has 0 bridgehead atoms. The van der Waals surface area contributed by atoms with Crippen LogP contribution >= 0.6 is 0 Å². The second-order valence-corrected chi connectivity index (χ2v) is 5.23. The zero-order chi connectivity index (χ0) is 15.5. The largest absolute Gasteiger partial charge is 0.447 e. The van der Waals surface area contributed by atoms with Crippen LogP contribution < -0.4 is 10.2 Å². The van der Waals surface area contributed by atoms with Gasteiger partial charge in [0.25, 0.3) is 0 Å². The van der Waals surface area contributed by atoms with Gasteiger partial charge in [0.15, 0.2) is 0 Å². The van der Waals surface area contributed by atoms with Gasteiger partial charge in [0, 0.05) is 11.8 Å². The number of carbonyl (C=O) groups excluding carboxylic acids is 1. The van der Waals surface area contributed by atoms with Crippen molar-refractivity contribution in [2.24, 2.45) is 0 Å². The van der Waals surface area contributed by atoms with Gasteiger partial charge in [0.05, 0.1) is 12.6 Å². The zero-order valence-corrected chi connectivity index (χ0v) is 12.6. The van der Waals surface area contributed by atoms with Gasteiger partial charge < -0.3 is 10.1 Å². The summed E-state index contributed by atoms with van der Waals surface area (Å²) in [5.74, 6) is 1.07. The Kier molecular flexibility index (Phi) is 3.91. The molecule has 0 unspecified atom stereocenters. The van der Waals surface area contributed by atoms with Crippen LogP contribution in [0, 0.1) is 6.92 Å². The highest BCUT2D eigenvalue weighted by Gasteiger charge is 2.25. The van der Waals surface area contributed by atoms with Gasteiger partial charge in [0.2, 0.25) is 5.95 Å². The van der Waals surface area contributed by atoms with Crippen LogP contribution in [0.5, 0.6) is 0 Å². The maximum absolute atomic E-state index is 11.7. The van der Waals surface area contributed by atoms with Gasteiger partial charge in [-0.15, -0.1) is 0 Å². The first-order valence-electron chi connectivity index (χ1n) is 7.25. The number of cyclic esters (lactones) is 1. The van der Waals surface area contributed by atoms with E-state index in [1.807, 2.05) is 44.2 Å². The summed E-state index contributed by atoms with van der Waals surface area (Å²) < 4.78 is 4.96. The standard InChI is InChI=1S/C16H18N4O2/c1-11-10-14(20-8-9-22-16(20)21)19-15(17-11)18-12(2)13-6-4-3-5-7-13/h3-7,10,12H,8-9H2,1-2H3,(H,17,18,19)/t12-/m1/s1. The first-order valence-corrected chi connectivity index (χ1v) is 7.25. The number of benzene rings is 1. The van der Waals surface area contributed by atoms with Crippen molar-refractivity contribution in [3.63, 3.8) is 0 Å². The van der Waals surface area contributed by atoms with Crippen molar-refractivity contribution >= 4 is 17.9 Å². The summed E-state index contributed by atoms with van der Waals surface area (Å²) in [4.78, 5) is 22.0. The third kappa shape index (κ3) is 3.00. The van der Waals surface area contributed by atoms with Gasteiger partial charge in [-0.3, -0.25) is 4.90 Å². The average Bonchev–Trinajstić information content (AvgIpc) is 2.94. The predicted molar refractivity (Wildman–Crippen MR) is 83.9 cm³/mol. The van der Waals surface area contributed by atoms with Crippen molar-refractivity contribution in [2.75, 3.05) is 23.4 Å². The summed E-state index contributed by atoms with van der Waals surface area (Å²) in [7, 11) is 0. The number of hydrogen-bond donors (Lipinski definition) is 1. The van der Waals surface area contributed by atoms with E-state index >= 15 is 0 Å². The van der Waals surface area contributed by atoms with E-state index < -0.39 is 0 Å². The molecule has 0 saturated carbocycles. The minimum Gasteiger partial charge on any atom is -0.447 e. The molecule has 0 aliphatic carbocycles. The number of aromatic nitrogens is 2. The fraction of sp³-hybridized carbons (Fsp3) is 0.312. The van der Waals surface area contributed by atoms with Gasteiger partial charge in [-0.1, -0.05) is 30.3 Å². The number of aryl methyl sites for hydroxylation is 1. The number of hydrogen-bond acceptors (Lipinski definition) is 5. The van der Waals surface area contributed by atoms with Crippen LogP contribution in [0.4, 0.5) is 16.6 Å². The van der Waals surface area contributed by atoms with Crippen LogP contribution in [0.3, 0.4) is 0 Å². The van der Waals surface area contributed by atoms with E-state index in [2.05, 4.69) is 15.3 Å². The summed E-state index contributed by atoms with van der Waals surface area (Å²) in [6, 6.07) is 11.9. The maximum Gasteiger partial charge on any atom is 0.415 e. The monoisotopic (exact) mass is 298 g/mol. The zero-order valence-electron chi connectivity index (χ0n) is 12.6. The van der Waals surface area contributed by atoms with Crippen molar-refractivity contribution in [2.45, 2.75) is 19.9 Å². The Morgan fingerprint density at radius 3 is 2.73 bits per heavy atom. The molecule has 22 heavy (non-hydrogen) atoms. The molecule has 1 aliphatic heterocycles. The summed E-state index contributed by atoms with van der Waals surface area (Å²) >= 11 is 0. The molecule has 1 aliphatic rings. The molecule has 114 valence electrons. The lowest BCUT2D eigenvalue weighted by molar-refractivity contribution is 0.181. The van der Waals surface area contributed by atoms with Crippen LogP contribution in [-0.4, -0.2) is 29.2 Å². The lowest BCUT2D eigenvalue weighted by Crippen LogP contribution is -2.25. The van der Waals surface area contributed by atoms with Crippen molar-refractivity contribution in [3.8, 4) is 0 Å². The molecule has 3 rings (SSSR count). The number of ether oxygens (including phenoxy) is 1. The molecule has 2 heterocycles. The molecule has 6 nitrogen and oxygen atoms in total. The molecule has 2 aromatic rings. The fourth-order valence-electron chi connectivity index (χ4n) is 2.37. The summed E-state index contributed by atoms with van der Waals surface area (Å²) in [6.07, 6.45) is -0.361. The minimum absolute atomic E-state index is 0.0707. The molecule has 1 fully saturated rings. The quantitative estimate of drug-likeness (QED) is 0.940. The minimum atomic E-state index is -0.361. The third-order valence-corrected chi connectivity index (χ3v) is 3.52. The Hall–Kier alpha value is -2.63. The van der Waals surface area contributed by atoms with Crippen LogP contribution in [0.25, 0.3) is 0 Å². The molecular weight excluding hydrogens is 280 g/mol. The van der Waals surface area contributed by atoms with E-state index in [-0.39, 0.29) is 12.1 Å². The maximum atomic E-state index is 11.7. The van der Waals surface area contributed by atoms with Gasteiger partial charge in [-0.2, -0.15) is 4.98 Å². The van der Waals surface area contributed by atoms with E-state index in [1.54, 1.807) is 6.07 Å². The molecule has 1 aromatic carbocycles. The highest BCUT2D eigenvalue weighted by molar-refractivity contribution is 5.88. The molecule has 6 heteroatoms. The lowest BCUT2D eigenvalue weighted by atomic mass is 10.1. The van der Waals surface area contributed by atoms with E-state index in [0.29, 0.717) is 24.9 Å². The highest BCUT2D eigenvalue weighted by Crippen LogP contribution is 2.21. The normalized spacial score (nSPS) is 15.5. The molecule has 1 atom stereocenters. The predicted octanol–water partition coefficient (Wildman–Crippen LogP) is 2.91. The first kappa shape index (κ1) is 14.3. The van der Waals surface area contributed by atoms with Crippen molar-refractivity contribution in [1.82, 2.24) is 9.97 Å². The van der Waals surface area contributed by atoms with Crippen LogP contribution in [0.1, 0.15) is 24.2 Å².